The summed E-state index contributed by atoms with van der Waals surface area (Å²) in [4.78, 5) is 50.5. The van der Waals surface area contributed by atoms with E-state index in [2.05, 4.69) is 10.6 Å². The van der Waals surface area contributed by atoms with Gasteiger partial charge in [-0.05, 0) is 24.8 Å². The Morgan fingerprint density at radius 2 is 1.32 bits per heavy atom. The van der Waals surface area contributed by atoms with Gasteiger partial charge in [0.05, 0.1) is 52.1 Å². The van der Waals surface area contributed by atoms with Gasteiger partial charge in [0, 0.05) is 13.0 Å². The van der Waals surface area contributed by atoms with E-state index in [9.17, 15) is 65.1 Å². The average Bonchev–Trinajstić information content (AvgIpc) is 3.17. The van der Waals surface area contributed by atoms with Gasteiger partial charge in [0.25, 0.3) is 0 Å². The molecule has 2 fully saturated rings. The maximum Gasteiger partial charge on any atom is 0.317 e. The number of aliphatic carboxylic acids is 1. The standard InChI is InChI=1S/C35H55N3O18/c39-16-22-28(46)30(48)32(50)34(55-22)52-12-10-21(19-54-35-33(51)31(49)29(47)23(17-40)56-35)37-25(42)14-38(15-26(43)44)13-24(41)36-11-6-2-5-9-27(45)53-18-20-7-3-1-4-8-20/h1,3-4,7-8,21-23,28-35,39-40,46-51H,2,5-6,9-19H2,(H,36,41)(H,37,42)(H,43,44)/t21?,22-,23-,28-,29-,30+,31+,32+,33+,34+,35+/m1/s1. The number of carbonyl (C=O) groups is 4. The van der Waals surface area contributed by atoms with Crippen LogP contribution in [0.5, 0.6) is 0 Å². The summed E-state index contributed by atoms with van der Waals surface area (Å²) in [6.45, 7) is -3.48. The third-order valence-electron chi connectivity index (χ3n) is 8.99. The molecule has 56 heavy (non-hydrogen) atoms. The zero-order valence-corrected chi connectivity index (χ0v) is 30.8. The highest BCUT2D eigenvalue weighted by Crippen LogP contribution is 2.24. The molecule has 0 aromatic heterocycles. The third-order valence-corrected chi connectivity index (χ3v) is 8.99. The first-order chi connectivity index (χ1) is 26.7. The van der Waals surface area contributed by atoms with Crippen LogP contribution >= 0.6 is 0 Å². The Bertz CT molecular complexity index is 1340. The Balaban J connectivity index is 1.51. The zero-order chi connectivity index (χ0) is 41.2. The van der Waals surface area contributed by atoms with Gasteiger partial charge < -0.3 is 80.3 Å². The SMILES string of the molecule is O=C(O)CN(CC(=O)NCCCCCC(=O)OCc1ccccc1)CC(=O)NC(CCO[C@H]1O[C@H](CO)[C@@H](O)[C@H](O)[C@@H]1O)CO[C@H]1O[C@H](CO)[C@@H](O)[C@H](O)[C@@H]1O. The number of hydrogen-bond acceptors (Lipinski definition) is 18. The predicted molar refractivity (Wildman–Crippen MR) is 188 cm³/mol. The summed E-state index contributed by atoms with van der Waals surface area (Å²) in [6.07, 6.45) is -14.1. The van der Waals surface area contributed by atoms with Gasteiger partial charge in [0.2, 0.25) is 11.8 Å². The molecule has 1 unspecified atom stereocenters. The Hall–Kier alpha value is -3.42. The molecule has 21 heteroatoms. The number of rotatable bonds is 24. The lowest BCUT2D eigenvalue weighted by molar-refractivity contribution is -0.304. The van der Waals surface area contributed by atoms with Crippen LogP contribution in [-0.4, -0.2) is 195 Å². The van der Waals surface area contributed by atoms with Gasteiger partial charge in [0.15, 0.2) is 12.6 Å². The number of aliphatic hydroxyl groups excluding tert-OH is 8. The molecule has 2 aliphatic heterocycles. The lowest BCUT2D eigenvalue weighted by atomic mass is 9.99. The second-order valence-corrected chi connectivity index (χ2v) is 13.5. The fraction of sp³-hybridized carbons (Fsp3) is 0.714. The number of carbonyl (C=O) groups excluding carboxylic acids is 3. The minimum atomic E-state index is -1.76. The molecule has 0 saturated carbocycles. The molecule has 2 amide bonds. The molecule has 0 bridgehead atoms. The van der Waals surface area contributed by atoms with E-state index in [1.165, 1.54) is 0 Å². The zero-order valence-electron chi connectivity index (χ0n) is 30.8. The van der Waals surface area contributed by atoms with Gasteiger partial charge in [-0.2, -0.15) is 0 Å². The van der Waals surface area contributed by atoms with Crippen molar-refractivity contribution < 1.29 is 88.8 Å². The van der Waals surface area contributed by atoms with Crippen molar-refractivity contribution in [3.63, 3.8) is 0 Å². The maximum absolute atomic E-state index is 13.2. The number of benzene rings is 1. The highest BCUT2D eigenvalue weighted by Gasteiger charge is 2.45. The van der Waals surface area contributed by atoms with E-state index in [-0.39, 0.29) is 38.6 Å². The molecule has 2 heterocycles. The molecule has 2 saturated heterocycles. The van der Waals surface area contributed by atoms with Crippen molar-refractivity contribution in [2.24, 2.45) is 0 Å². The lowest BCUT2D eigenvalue weighted by Gasteiger charge is -2.40. The van der Waals surface area contributed by atoms with Crippen molar-refractivity contribution in [2.75, 3.05) is 52.6 Å². The third kappa shape index (κ3) is 15.5. The number of ether oxygens (including phenoxy) is 5. The summed E-state index contributed by atoms with van der Waals surface area (Å²) in [5.41, 5.74) is 0.873. The minimum Gasteiger partial charge on any atom is -0.480 e. The van der Waals surface area contributed by atoms with E-state index in [0.717, 1.165) is 10.5 Å². The van der Waals surface area contributed by atoms with Crippen molar-refractivity contribution in [3.8, 4) is 0 Å². The number of nitrogens with zero attached hydrogens (tertiary/aromatic N) is 1. The number of nitrogens with one attached hydrogen (secondary N) is 2. The molecule has 21 nitrogen and oxygen atoms in total. The van der Waals surface area contributed by atoms with E-state index in [0.29, 0.717) is 19.3 Å². The van der Waals surface area contributed by atoms with E-state index >= 15 is 0 Å². The maximum atomic E-state index is 13.2. The fourth-order valence-corrected chi connectivity index (χ4v) is 5.85. The number of carboxylic acid groups (broad SMARTS) is 1. The number of aliphatic hydroxyl groups is 8. The fourth-order valence-electron chi connectivity index (χ4n) is 5.85. The molecular weight excluding hydrogens is 750 g/mol. The summed E-state index contributed by atoms with van der Waals surface area (Å²) in [5, 5.41) is 94.5. The van der Waals surface area contributed by atoms with Crippen LogP contribution in [0.2, 0.25) is 0 Å². The molecule has 0 spiro atoms. The summed E-state index contributed by atoms with van der Waals surface area (Å²) in [6, 6.07) is 8.22. The predicted octanol–water partition coefficient (Wildman–Crippen LogP) is -4.70. The molecule has 0 radical (unpaired) electrons. The van der Waals surface area contributed by atoms with Crippen LogP contribution < -0.4 is 10.6 Å². The molecule has 1 aromatic rings. The van der Waals surface area contributed by atoms with Gasteiger partial charge in [-0.3, -0.25) is 24.1 Å². The van der Waals surface area contributed by atoms with E-state index in [1.807, 2.05) is 30.3 Å². The Kier molecular flexibility index (Phi) is 20.4. The largest absolute Gasteiger partial charge is 0.480 e. The van der Waals surface area contributed by atoms with Gasteiger partial charge in [-0.1, -0.05) is 36.8 Å². The van der Waals surface area contributed by atoms with E-state index in [4.69, 9.17) is 23.7 Å². The second-order valence-electron chi connectivity index (χ2n) is 13.5. The molecule has 1 aromatic carbocycles. The summed E-state index contributed by atoms with van der Waals surface area (Å²) >= 11 is 0. The normalized spacial score (nSPS) is 28.4. The number of esters is 1. The monoisotopic (exact) mass is 805 g/mol. The quantitative estimate of drug-likeness (QED) is 0.0345. The van der Waals surface area contributed by atoms with Crippen molar-refractivity contribution in [3.05, 3.63) is 35.9 Å². The van der Waals surface area contributed by atoms with Gasteiger partial charge in [0.1, 0.15) is 55.4 Å². The molecule has 3 rings (SSSR count). The molecule has 11 N–H and O–H groups in total. The highest BCUT2D eigenvalue weighted by atomic mass is 16.7. The molecule has 0 aliphatic carbocycles. The van der Waals surface area contributed by atoms with Crippen LogP contribution in [0.3, 0.4) is 0 Å². The topological polar surface area (TPSA) is 324 Å². The van der Waals surface area contributed by atoms with Gasteiger partial charge in [-0.15, -0.1) is 0 Å². The van der Waals surface area contributed by atoms with Crippen LogP contribution in [0.15, 0.2) is 30.3 Å². The van der Waals surface area contributed by atoms with Crippen molar-refractivity contribution in [1.29, 1.82) is 0 Å². The summed E-state index contributed by atoms with van der Waals surface area (Å²) in [7, 11) is 0. The minimum absolute atomic E-state index is 0.123. The first-order valence-electron chi connectivity index (χ1n) is 18.3. The van der Waals surface area contributed by atoms with Crippen LogP contribution in [0.25, 0.3) is 0 Å². The van der Waals surface area contributed by atoms with Crippen LogP contribution in [0, 0.1) is 0 Å². The van der Waals surface area contributed by atoms with Crippen LogP contribution in [0.4, 0.5) is 0 Å². The Morgan fingerprint density at radius 3 is 1.91 bits per heavy atom. The first-order valence-corrected chi connectivity index (χ1v) is 18.3. The van der Waals surface area contributed by atoms with Crippen molar-refractivity contribution in [1.82, 2.24) is 15.5 Å². The smallest absolute Gasteiger partial charge is 0.317 e. The summed E-state index contributed by atoms with van der Waals surface area (Å²) < 4.78 is 27.0. The number of hydrogen-bond donors (Lipinski definition) is 11. The lowest BCUT2D eigenvalue weighted by Crippen LogP contribution is -2.60. The first kappa shape index (κ1) is 47.0. The Morgan fingerprint density at radius 1 is 0.732 bits per heavy atom. The molecule has 11 atom stereocenters. The second kappa shape index (κ2) is 24.4. The van der Waals surface area contributed by atoms with Gasteiger partial charge in [-0.25, -0.2) is 0 Å². The van der Waals surface area contributed by atoms with E-state index in [1.54, 1.807) is 0 Å². The Labute approximate surface area is 322 Å². The van der Waals surface area contributed by atoms with Gasteiger partial charge >= 0.3 is 11.9 Å². The average molecular weight is 806 g/mol. The molecular formula is C35H55N3O18. The number of unbranched alkanes of at least 4 members (excludes halogenated alkanes) is 2. The van der Waals surface area contributed by atoms with Crippen LogP contribution in [0.1, 0.15) is 37.7 Å². The van der Waals surface area contributed by atoms with Crippen molar-refractivity contribution in [2.45, 2.75) is 106 Å². The number of carboxylic acids is 1. The summed E-state index contributed by atoms with van der Waals surface area (Å²) in [5.74, 6) is -2.99. The van der Waals surface area contributed by atoms with Crippen molar-refractivity contribution >= 4 is 23.8 Å². The van der Waals surface area contributed by atoms with Crippen LogP contribution in [-0.2, 0) is 49.5 Å². The molecule has 318 valence electrons. The number of amides is 2. The highest BCUT2D eigenvalue weighted by molar-refractivity contribution is 5.82. The molecule has 2 aliphatic rings. The van der Waals surface area contributed by atoms with E-state index < -0.39 is 125 Å².